The molecule has 0 radical (unpaired) electrons. The second-order valence-corrected chi connectivity index (χ2v) is 9.73. The van der Waals surface area contributed by atoms with Gasteiger partial charge in [0.15, 0.2) is 7.49 Å². The Labute approximate surface area is 116 Å². The van der Waals surface area contributed by atoms with Crippen LogP contribution in [0, 0.1) is 3.57 Å². The lowest BCUT2D eigenvalue weighted by molar-refractivity contribution is -0.665. The van der Waals surface area contributed by atoms with Gasteiger partial charge in [0.2, 0.25) is 0 Å². The highest BCUT2D eigenvalue weighted by Crippen LogP contribution is 2.21. The third kappa shape index (κ3) is 3.97. The number of hydrogen-bond acceptors (Lipinski definition) is 0. The molecule has 0 unspecified atom stereocenters. The summed E-state index contributed by atoms with van der Waals surface area (Å²) in [6, 6.07) is 9.47. The highest BCUT2D eigenvalue weighted by atomic mass is 127. The standard InChI is InChI=1S/C16H24I/c1-16(2,3)13-9-11-15(12-10-13)17-14-7-5-4-6-8-14/h9-12,14H,4-8H2,1-3H3/q+1. The van der Waals surface area contributed by atoms with Gasteiger partial charge in [-0.1, -0.05) is 39.3 Å². The molecule has 0 atom stereocenters. The maximum Gasteiger partial charge on any atom is 0.316 e. The minimum Gasteiger partial charge on any atom is -0.0561 e. The smallest absolute Gasteiger partial charge is 0.0561 e. The second kappa shape index (κ2) is 5.73. The monoisotopic (exact) mass is 343 g/mol. The van der Waals surface area contributed by atoms with Crippen molar-refractivity contribution in [3.8, 4) is 0 Å². The average Bonchev–Trinajstić information content (AvgIpc) is 2.30. The van der Waals surface area contributed by atoms with E-state index in [4.69, 9.17) is 0 Å². The topological polar surface area (TPSA) is 0 Å². The van der Waals surface area contributed by atoms with Crippen LogP contribution in [-0.2, 0) is 5.41 Å². The molecule has 0 saturated heterocycles. The van der Waals surface area contributed by atoms with E-state index in [0.717, 1.165) is 3.92 Å². The van der Waals surface area contributed by atoms with Gasteiger partial charge in [-0.3, -0.25) is 0 Å². The van der Waals surface area contributed by atoms with E-state index >= 15 is 0 Å². The van der Waals surface area contributed by atoms with Crippen molar-refractivity contribution in [1.29, 1.82) is 0 Å². The normalized spacial score (nSPS) is 18.3. The van der Waals surface area contributed by atoms with Crippen molar-refractivity contribution in [1.82, 2.24) is 0 Å². The quantitative estimate of drug-likeness (QED) is 0.565. The lowest BCUT2D eigenvalue weighted by atomic mass is 9.87. The molecule has 1 aromatic rings. The van der Waals surface area contributed by atoms with Crippen molar-refractivity contribution < 1.29 is 21.2 Å². The number of alkyl halides is 1. The summed E-state index contributed by atoms with van der Waals surface area (Å²) in [5.74, 6) is 0. The van der Waals surface area contributed by atoms with E-state index in [0.29, 0.717) is 5.41 Å². The zero-order chi connectivity index (χ0) is 12.3. The molecule has 1 saturated carbocycles. The molecule has 1 aromatic carbocycles. The second-order valence-electron chi connectivity index (χ2n) is 6.10. The Balaban J connectivity index is 1.98. The summed E-state index contributed by atoms with van der Waals surface area (Å²) in [7, 11) is 0. The first kappa shape index (κ1) is 13.4. The van der Waals surface area contributed by atoms with Gasteiger partial charge in [0.05, 0.1) is 0 Å². The van der Waals surface area contributed by atoms with Crippen LogP contribution in [0.5, 0.6) is 0 Å². The predicted molar refractivity (Wildman–Crippen MR) is 70.7 cm³/mol. The molecule has 0 nitrogen and oxygen atoms in total. The van der Waals surface area contributed by atoms with Gasteiger partial charge in [0.25, 0.3) is 0 Å². The van der Waals surface area contributed by atoms with Crippen molar-refractivity contribution in [3.63, 3.8) is 0 Å². The molecular weight excluding hydrogens is 319 g/mol. The molecular formula is C16H24I+. The van der Waals surface area contributed by atoms with Crippen LogP contribution >= 0.6 is 0 Å². The highest BCUT2D eigenvalue weighted by molar-refractivity contribution is 5.21. The molecule has 94 valence electrons. The maximum atomic E-state index is 2.39. The largest absolute Gasteiger partial charge is 0.316 e. The summed E-state index contributed by atoms with van der Waals surface area (Å²) in [6.45, 7) is 6.87. The molecule has 17 heavy (non-hydrogen) atoms. The first-order valence-corrected chi connectivity index (χ1v) is 9.12. The summed E-state index contributed by atoms with van der Waals surface area (Å²) in [5, 5.41) is 0. The van der Waals surface area contributed by atoms with E-state index in [1.807, 2.05) is 0 Å². The summed E-state index contributed by atoms with van der Waals surface area (Å²) >= 11 is 0.256. The molecule has 0 aliphatic heterocycles. The third-order valence-electron chi connectivity index (χ3n) is 3.53. The Kier molecular flexibility index (Phi) is 4.51. The van der Waals surface area contributed by atoms with E-state index in [2.05, 4.69) is 45.0 Å². The van der Waals surface area contributed by atoms with Crippen molar-refractivity contribution in [2.75, 3.05) is 0 Å². The van der Waals surface area contributed by atoms with Crippen LogP contribution in [0.2, 0.25) is 0 Å². The Morgan fingerprint density at radius 1 is 0.941 bits per heavy atom. The number of halogens is 1. The van der Waals surface area contributed by atoms with E-state index in [-0.39, 0.29) is 21.2 Å². The molecule has 0 aromatic heterocycles. The fraction of sp³-hybridized carbons (Fsp3) is 0.625. The molecule has 0 spiro atoms. The average molecular weight is 343 g/mol. The Bertz CT molecular complexity index is 339. The Morgan fingerprint density at radius 3 is 2.06 bits per heavy atom. The highest BCUT2D eigenvalue weighted by Gasteiger charge is 2.27. The van der Waals surface area contributed by atoms with Crippen LogP contribution in [0.25, 0.3) is 0 Å². The van der Waals surface area contributed by atoms with Crippen molar-refractivity contribution in [3.05, 3.63) is 33.4 Å². The fourth-order valence-electron chi connectivity index (χ4n) is 2.36. The van der Waals surface area contributed by atoms with Crippen LogP contribution in [0.15, 0.2) is 24.3 Å². The van der Waals surface area contributed by atoms with E-state index < -0.39 is 0 Å². The molecule has 1 heteroatoms. The first-order chi connectivity index (χ1) is 8.05. The van der Waals surface area contributed by atoms with Crippen LogP contribution < -0.4 is 21.2 Å². The lowest BCUT2D eigenvalue weighted by Crippen LogP contribution is -3.65. The van der Waals surface area contributed by atoms with Gasteiger partial charge in [-0.15, -0.1) is 0 Å². The first-order valence-electron chi connectivity index (χ1n) is 6.80. The van der Waals surface area contributed by atoms with Crippen LogP contribution in [0.1, 0.15) is 58.4 Å². The minimum absolute atomic E-state index is 0.256. The molecule has 0 bridgehead atoms. The van der Waals surface area contributed by atoms with Crippen molar-refractivity contribution >= 4 is 0 Å². The maximum absolute atomic E-state index is 2.39. The van der Waals surface area contributed by atoms with Gasteiger partial charge in [0, 0.05) is 0 Å². The van der Waals surface area contributed by atoms with E-state index in [9.17, 15) is 0 Å². The van der Waals surface area contributed by atoms with Crippen LogP contribution in [0.4, 0.5) is 0 Å². The molecule has 1 fully saturated rings. The molecule has 1 aliphatic rings. The Hall–Kier alpha value is -0.0500. The molecule has 2 rings (SSSR count). The third-order valence-corrected chi connectivity index (χ3v) is 7.09. The van der Waals surface area contributed by atoms with Gasteiger partial charge in [0.1, 0.15) is 0 Å². The summed E-state index contributed by atoms with van der Waals surface area (Å²) in [5.41, 5.74) is 1.76. The predicted octanol–water partition coefficient (Wildman–Crippen LogP) is 1.58. The van der Waals surface area contributed by atoms with E-state index in [1.165, 1.54) is 37.7 Å². The number of benzene rings is 1. The molecule has 0 N–H and O–H groups in total. The van der Waals surface area contributed by atoms with E-state index in [1.54, 1.807) is 3.57 Å². The molecule has 0 heterocycles. The molecule has 1 aliphatic carbocycles. The summed E-state index contributed by atoms with van der Waals surface area (Å²) < 4.78 is 2.70. The molecule has 0 amide bonds. The van der Waals surface area contributed by atoms with Crippen LogP contribution in [0.3, 0.4) is 0 Å². The summed E-state index contributed by atoms with van der Waals surface area (Å²) in [6.07, 6.45) is 7.42. The van der Waals surface area contributed by atoms with Crippen molar-refractivity contribution in [2.45, 2.75) is 62.2 Å². The van der Waals surface area contributed by atoms with Crippen molar-refractivity contribution in [2.24, 2.45) is 0 Å². The zero-order valence-corrected chi connectivity index (χ0v) is 13.5. The fourth-order valence-corrected chi connectivity index (χ4v) is 5.66. The number of rotatable bonds is 2. The van der Waals surface area contributed by atoms with Gasteiger partial charge >= 0.3 is 21.2 Å². The van der Waals surface area contributed by atoms with Crippen LogP contribution in [-0.4, -0.2) is 3.92 Å². The lowest BCUT2D eigenvalue weighted by Gasteiger charge is -2.18. The van der Waals surface area contributed by atoms with Gasteiger partial charge in [-0.2, -0.15) is 0 Å². The zero-order valence-electron chi connectivity index (χ0n) is 11.3. The van der Waals surface area contributed by atoms with Gasteiger partial charge < -0.3 is 0 Å². The SMILES string of the molecule is CC(C)(C)c1ccc([I+]C2CCCCC2)cc1. The Morgan fingerprint density at radius 2 is 1.53 bits per heavy atom. The minimum atomic E-state index is 0.256. The van der Waals surface area contributed by atoms with Gasteiger partial charge in [-0.05, 0) is 48.8 Å². The number of hydrogen-bond donors (Lipinski definition) is 0. The summed E-state index contributed by atoms with van der Waals surface area (Å²) in [4.78, 5) is 0. The van der Waals surface area contributed by atoms with Gasteiger partial charge in [-0.25, -0.2) is 0 Å².